The molecule has 1 unspecified atom stereocenters. The summed E-state index contributed by atoms with van der Waals surface area (Å²) in [5, 5.41) is 3.50. The molecule has 0 radical (unpaired) electrons. The molecule has 78 valence electrons. The van der Waals surface area contributed by atoms with Crippen LogP contribution in [0.1, 0.15) is 12.0 Å². The Bertz CT molecular complexity index is 256. The van der Waals surface area contributed by atoms with Gasteiger partial charge in [0.05, 0.1) is 0 Å². The van der Waals surface area contributed by atoms with E-state index in [1.807, 2.05) is 12.4 Å². The molecule has 3 heteroatoms. The van der Waals surface area contributed by atoms with Crippen molar-refractivity contribution in [1.82, 2.24) is 15.2 Å². The van der Waals surface area contributed by atoms with Crippen LogP contribution in [0.15, 0.2) is 18.5 Å². The standard InChI is InChI=1S/C11H19N3/c1-14-5-3-11(9-14)8-13-7-10-2-4-12-6-10/h2,4,6,11-13H,3,5,7-9H2,1H3. The summed E-state index contributed by atoms with van der Waals surface area (Å²) in [7, 11) is 2.20. The molecule has 0 saturated carbocycles. The van der Waals surface area contributed by atoms with Crippen molar-refractivity contribution in [2.45, 2.75) is 13.0 Å². The first-order valence-electron chi connectivity index (χ1n) is 5.35. The number of aromatic nitrogens is 1. The molecule has 1 aromatic rings. The Morgan fingerprint density at radius 2 is 2.57 bits per heavy atom. The van der Waals surface area contributed by atoms with Crippen molar-refractivity contribution in [2.75, 3.05) is 26.7 Å². The van der Waals surface area contributed by atoms with Crippen LogP contribution in [-0.2, 0) is 6.54 Å². The van der Waals surface area contributed by atoms with Gasteiger partial charge in [-0.05, 0) is 44.1 Å². The van der Waals surface area contributed by atoms with Crippen LogP contribution in [0.4, 0.5) is 0 Å². The van der Waals surface area contributed by atoms with Gasteiger partial charge in [0.15, 0.2) is 0 Å². The fraction of sp³-hybridized carbons (Fsp3) is 0.636. The van der Waals surface area contributed by atoms with Gasteiger partial charge in [-0.2, -0.15) is 0 Å². The van der Waals surface area contributed by atoms with Crippen molar-refractivity contribution in [3.05, 3.63) is 24.0 Å². The molecule has 0 aromatic carbocycles. The average Bonchev–Trinajstić information content (AvgIpc) is 2.77. The molecule has 2 heterocycles. The van der Waals surface area contributed by atoms with E-state index in [9.17, 15) is 0 Å². The van der Waals surface area contributed by atoms with Crippen LogP contribution in [0.5, 0.6) is 0 Å². The van der Waals surface area contributed by atoms with Gasteiger partial charge in [-0.1, -0.05) is 0 Å². The van der Waals surface area contributed by atoms with E-state index in [2.05, 4.69) is 28.3 Å². The molecule has 0 spiro atoms. The zero-order chi connectivity index (χ0) is 9.80. The quantitative estimate of drug-likeness (QED) is 0.749. The first-order valence-corrected chi connectivity index (χ1v) is 5.35. The van der Waals surface area contributed by atoms with Crippen LogP contribution in [0.25, 0.3) is 0 Å². The van der Waals surface area contributed by atoms with Crippen LogP contribution in [0.2, 0.25) is 0 Å². The normalized spacial score (nSPS) is 23.1. The number of nitrogens with one attached hydrogen (secondary N) is 2. The summed E-state index contributed by atoms with van der Waals surface area (Å²) in [6.07, 6.45) is 5.37. The van der Waals surface area contributed by atoms with Crippen molar-refractivity contribution in [1.29, 1.82) is 0 Å². The van der Waals surface area contributed by atoms with E-state index in [4.69, 9.17) is 0 Å². The average molecular weight is 193 g/mol. The SMILES string of the molecule is CN1CCC(CNCc2cc[nH]c2)C1. The van der Waals surface area contributed by atoms with Crippen molar-refractivity contribution in [2.24, 2.45) is 5.92 Å². The van der Waals surface area contributed by atoms with E-state index in [0.29, 0.717) is 0 Å². The second-order valence-corrected chi connectivity index (χ2v) is 4.27. The number of hydrogen-bond donors (Lipinski definition) is 2. The molecule has 2 N–H and O–H groups in total. The number of nitrogens with zero attached hydrogens (tertiary/aromatic N) is 1. The summed E-state index contributed by atoms with van der Waals surface area (Å²) < 4.78 is 0. The van der Waals surface area contributed by atoms with Gasteiger partial charge < -0.3 is 15.2 Å². The van der Waals surface area contributed by atoms with E-state index < -0.39 is 0 Å². The second kappa shape index (κ2) is 4.62. The van der Waals surface area contributed by atoms with Gasteiger partial charge in [0.2, 0.25) is 0 Å². The highest BCUT2D eigenvalue weighted by Crippen LogP contribution is 2.12. The molecular formula is C11H19N3. The maximum atomic E-state index is 3.50. The first-order chi connectivity index (χ1) is 6.84. The summed E-state index contributed by atoms with van der Waals surface area (Å²) in [5.74, 6) is 0.846. The topological polar surface area (TPSA) is 31.1 Å². The van der Waals surface area contributed by atoms with Gasteiger partial charge in [-0.15, -0.1) is 0 Å². The minimum Gasteiger partial charge on any atom is -0.367 e. The molecule has 1 atom stereocenters. The van der Waals surface area contributed by atoms with Gasteiger partial charge in [0.25, 0.3) is 0 Å². The molecule has 0 aliphatic carbocycles. The zero-order valence-electron chi connectivity index (χ0n) is 8.79. The minimum atomic E-state index is 0.846. The highest BCUT2D eigenvalue weighted by Gasteiger charge is 2.18. The molecule has 1 aliphatic heterocycles. The third-order valence-electron chi connectivity index (χ3n) is 2.91. The predicted octanol–water partition coefficient (Wildman–Crippen LogP) is 1.06. The Kier molecular flexibility index (Phi) is 3.22. The molecule has 0 bridgehead atoms. The largest absolute Gasteiger partial charge is 0.367 e. The highest BCUT2D eigenvalue weighted by molar-refractivity contribution is 5.07. The van der Waals surface area contributed by atoms with Crippen molar-refractivity contribution in [3.63, 3.8) is 0 Å². The zero-order valence-corrected chi connectivity index (χ0v) is 8.79. The van der Waals surface area contributed by atoms with Gasteiger partial charge in [0.1, 0.15) is 0 Å². The Morgan fingerprint density at radius 1 is 1.64 bits per heavy atom. The summed E-state index contributed by atoms with van der Waals surface area (Å²) in [6, 6.07) is 2.12. The third kappa shape index (κ3) is 2.59. The van der Waals surface area contributed by atoms with Crippen LogP contribution in [0, 0.1) is 5.92 Å². The molecule has 3 nitrogen and oxygen atoms in total. The maximum Gasteiger partial charge on any atom is 0.0220 e. The van der Waals surface area contributed by atoms with Gasteiger partial charge in [-0.25, -0.2) is 0 Å². The Morgan fingerprint density at radius 3 is 3.21 bits per heavy atom. The van der Waals surface area contributed by atoms with Crippen LogP contribution in [-0.4, -0.2) is 36.6 Å². The predicted molar refractivity (Wildman–Crippen MR) is 58.1 cm³/mol. The molecule has 2 rings (SSSR count). The summed E-state index contributed by atoms with van der Waals surface area (Å²) in [6.45, 7) is 4.65. The third-order valence-corrected chi connectivity index (χ3v) is 2.91. The lowest BCUT2D eigenvalue weighted by molar-refractivity contribution is 0.388. The van der Waals surface area contributed by atoms with E-state index in [0.717, 1.165) is 19.0 Å². The van der Waals surface area contributed by atoms with Crippen LogP contribution in [0.3, 0.4) is 0 Å². The number of H-pyrrole nitrogens is 1. The first kappa shape index (κ1) is 9.74. The lowest BCUT2D eigenvalue weighted by atomic mass is 10.1. The van der Waals surface area contributed by atoms with Crippen LogP contribution < -0.4 is 5.32 Å². The van der Waals surface area contributed by atoms with E-state index in [1.54, 1.807) is 0 Å². The Balaban J connectivity index is 1.64. The van der Waals surface area contributed by atoms with E-state index >= 15 is 0 Å². The molecular weight excluding hydrogens is 174 g/mol. The number of aromatic amines is 1. The maximum absolute atomic E-state index is 3.50. The lowest BCUT2D eigenvalue weighted by Crippen LogP contribution is -2.24. The van der Waals surface area contributed by atoms with E-state index in [1.165, 1.54) is 25.1 Å². The molecule has 0 amide bonds. The fourth-order valence-corrected chi connectivity index (χ4v) is 2.08. The number of rotatable bonds is 4. The Hall–Kier alpha value is -0.800. The fourth-order valence-electron chi connectivity index (χ4n) is 2.08. The lowest BCUT2D eigenvalue weighted by Gasteiger charge is -2.10. The summed E-state index contributed by atoms with van der Waals surface area (Å²) >= 11 is 0. The Labute approximate surface area is 85.5 Å². The van der Waals surface area contributed by atoms with Crippen molar-refractivity contribution in [3.8, 4) is 0 Å². The second-order valence-electron chi connectivity index (χ2n) is 4.27. The summed E-state index contributed by atoms with van der Waals surface area (Å²) in [5.41, 5.74) is 1.34. The monoisotopic (exact) mass is 193 g/mol. The molecule has 1 aromatic heterocycles. The molecule has 14 heavy (non-hydrogen) atoms. The van der Waals surface area contributed by atoms with E-state index in [-0.39, 0.29) is 0 Å². The minimum absolute atomic E-state index is 0.846. The smallest absolute Gasteiger partial charge is 0.0220 e. The summed E-state index contributed by atoms with van der Waals surface area (Å²) in [4.78, 5) is 5.47. The number of hydrogen-bond acceptors (Lipinski definition) is 2. The highest BCUT2D eigenvalue weighted by atomic mass is 15.1. The van der Waals surface area contributed by atoms with Gasteiger partial charge >= 0.3 is 0 Å². The van der Waals surface area contributed by atoms with Crippen molar-refractivity contribution < 1.29 is 0 Å². The number of likely N-dealkylation sites (tertiary alicyclic amines) is 1. The van der Waals surface area contributed by atoms with Gasteiger partial charge in [-0.3, -0.25) is 0 Å². The van der Waals surface area contributed by atoms with Gasteiger partial charge in [0, 0.05) is 25.5 Å². The van der Waals surface area contributed by atoms with Crippen LogP contribution >= 0.6 is 0 Å². The van der Waals surface area contributed by atoms with Crippen molar-refractivity contribution >= 4 is 0 Å². The molecule has 1 saturated heterocycles. The molecule has 1 aliphatic rings. The molecule has 1 fully saturated rings.